The number of nitrogens with zero attached hydrogens (tertiary/aromatic N) is 3. The van der Waals surface area contributed by atoms with Crippen LogP contribution in [-0.4, -0.2) is 75.5 Å². The van der Waals surface area contributed by atoms with E-state index >= 15 is 0 Å². The Bertz CT molecular complexity index is 1980. The summed E-state index contributed by atoms with van der Waals surface area (Å²) < 4.78 is 61.4. The van der Waals surface area contributed by atoms with Gasteiger partial charge in [-0.2, -0.15) is 28.1 Å². The van der Waals surface area contributed by atoms with Crippen LogP contribution in [0.3, 0.4) is 0 Å². The van der Waals surface area contributed by atoms with E-state index in [0.29, 0.717) is 17.9 Å². The van der Waals surface area contributed by atoms with Crippen LogP contribution in [0.15, 0.2) is 72.8 Å². The van der Waals surface area contributed by atoms with Crippen molar-refractivity contribution >= 4 is 58.6 Å². The number of carboxylic acid groups (broad SMARTS) is 1. The summed E-state index contributed by atoms with van der Waals surface area (Å²) in [5.41, 5.74) is 0.751. The van der Waals surface area contributed by atoms with Gasteiger partial charge in [0, 0.05) is 35.4 Å². The summed E-state index contributed by atoms with van der Waals surface area (Å²) in [5, 5.41) is 22.8. The number of nitrogens with one attached hydrogen (secondary N) is 5. The predicted molar refractivity (Wildman–Crippen MR) is 185 cm³/mol. The number of rotatable bonds is 15. The van der Waals surface area contributed by atoms with Gasteiger partial charge in [0.1, 0.15) is 11.8 Å². The highest BCUT2D eigenvalue weighted by molar-refractivity contribution is 6.39. The van der Waals surface area contributed by atoms with E-state index in [9.17, 15) is 41.8 Å². The van der Waals surface area contributed by atoms with E-state index in [1.807, 2.05) is 12.1 Å². The van der Waals surface area contributed by atoms with Crippen molar-refractivity contribution in [2.75, 3.05) is 29.1 Å². The van der Waals surface area contributed by atoms with Gasteiger partial charge in [-0.1, -0.05) is 23.7 Å². The highest BCUT2D eigenvalue weighted by Gasteiger charge is 2.45. The Morgan fingerprint density at radius 2 is 1.52 bits per heavy atom. The summed E-state index contributed by atoms with van der Waals surface area (Å²) in [7, 11) is 0. The van der Waals surface area contributed by atoms with Gasteiger partial charge in [0.05, 0.1) is 5.54 Å². The molecule has 0 radical (unpaired) electrons. The van der Waals surface area contributed by atoms with Crippen LogP contribution in [0, 0.1) is 0 Å². The third-order valence-electron chi connectivity index (χ3n) is 7.57. The van der Waals surface area contributed by atoms with Crippen molar-refractivity contribution in [2.24, 2.45) is 0 Å². The molecule has 1 aliphatic rings. The summed E-state index contributed by atoms with van der Waals surface area (Å²) in [4.78, 5) is 61.5. The molecule has 15 nitrogen and oxygen atoms in total. The van der Waals surface area contributed by atoms with E-state index in [4.69, 9.17) is 21.1 Å². The minimum absolute atomic E-state index is 0.00343. The number of carbonyl (C=O) groups is 4. The van der Waals surface area contributed by atoms with E-state index in [0.717, 1.165) is 5.56 Å². The van der Waals surface area contributed by atoms with Crippen LogP contribution >= 0.6 is 11.6 Å². The zero-order valence-electron chi connectivity index (χ0n) is 28.0. The van der Waals surface area contributed by atoms with Crippen LogP contribution in [0.4, 0.5) is 40.8 Å². The fraction of sp³-hybridized carbons (Fsp3) is 0.265. The van der Waals surface area contributed by atoms with E-state index in [2.05, 4.69) is 41.5 Å². The van der Waals surface area contributed by atoms with E-state index in [1.54, 1.807) is 12.1 Å². The molecule has 20 heteroatoms. The topological polar surface area (TPSA) is 206 Å². The van der Waals surface area contributed by atoms with Gasteiger partial charge in [-0.05, 0) is 79.1 Å². The lowest BCUT2D eigenvalue weighted by Gasteiger charge is -2.19. The summed E-state index contributed by atoms with van der Waals surface area (Å²) in [6, 6.07) is 15.7. The minimum atomic E-state index is -4.66. The van der Waals surface area contributed by atoms with Gasteiger partial charge in [0.2, 0.25) is 18.3 Å². The molecule has 3 amide bonds. The Morgan fingerprint density at radius 3 is 2.11 bits per heavy atom. The fourth-order valence-corrected chi connectivity index (χ4v) is 4.94. The number of ether oxygens (including phenoxy) is 2. The average Bonchev–Trinajstić information content (AvgIpc) is 3.89. The molecule has 0 aliphatic heterocycles. The molecule has 1 saturated carbocycles. The number of aromatic nitrogens is 3. The summed E-state index contributed by atoms with van der Waals surface area (Å²) in [6.45, 7) is -1.11. The third kappa shape index (κ3) is 11.1. The number of halogens is 5. The molecule has 0 spiro atoms. The van der Waals surface area contributed by atoms with Gasteiger partial charge >= 0.3 is 30.0 Å². The molecule has 0 saturated heterocycles. The molecule has 1 heterocycles. The maximum Gasteiger partial charge on any atom is 0.422 e. The van der Waals surface area contributed by atoms with Crippen molar-refractivity contribution in [3.63, 3.8) is 0 Å². The number of benzene rings is 3. The minimum Gasteiger partial charge on any atom is -0.480 e. The molecule has 1 aliphatic carbocycles. The molecule has 1 unspecified atom stereocenters. The molecule has 6 N–H and O–H groups in total. The van der Waals surface area contributed by atoms with Crippen molar-refractivity contribution < 1.29 is 51.3 Å². The van der Waals surface area contributed by atoms with Crippen LogP contribution < -0.4 is 36.1 Å². The van der Waals surface area contributed by atoms with Crippen molar-refractivity contribution in [2.45, 2.75) is 43.9 Å². The first kappa shape index (κ1) is 39.0. The number of hydrogen-bond acceptors (Lipinski definition) is 11. The SMILES string of the molecule is CC(F)Oc1ccc(NC(=O)C(=O)NC[C@H](NC(=O)c2ccc(Nc3nc(NC4(c5ccc(Cl)cc5)CC4)nc(OCC(F)(F)F)n3)cc2)C(=O)O)cc1. The number of hydrogen-bond donors (Lipinski definition) is 6. The molecule has 4 aromatic rings. The lowest BCUT2D eigenvalue weighted by atomic mass is 10.1. The number of carboxylic acids is 1. The van der Waals surface area contributed by atoms with Gasteiger partial charge < -0.3 is 41.2 Å². The third-order valence-corrected chi connectivity index (χ3v) is 7.82. The molecule has 5 rings (SSSR count). The Morgan fingerprint density at radius 1 is 0.889 bits per heavy atom. The monoisotopic (exact) mass is 774 g/mol. The van der Waals surface area contributed by atoms with E-state index < -0.39 is 67.0 Å². The quantitative estimate of drug-likeness (QED) is 0.0702. The Labute approximate surface area is 308 Å². The van der Waals surface area contributed by atoms with E-state index in [-0.39, 0.29) is 34.6 Å². The summed E-state index contributed by atoms with van der Waals surface area (Å²) >= 11 is 6.01. The molecular weight excluding hydrogens is 744 g/mol. The second-order valence-corrected chi connectivity index (χ2v) is 12.2. The number of alkyl halides is 4. The van der Waals surface area contributed by atoms with Gasteiger partial charge in [0.25, 0.3) is 5.91 Å². The Balaban J connectivity index is 1.19. The van der Waals surface area contributed by atoms with Crippen LogP contribution in [0.1, 0.15) is 35.7 Å². The van der Waals surface area contributed by atoms with Crippen molar-refractivity contribution in [1.82, 2.24) is 25.6 Å². The van der Waals surface area contributed by atoms with Gasteiger partial charge in [-0.3, -0.25) is 14.4 Å². The van der Waals surface area contributed by atoms with Crippen LogP contribution in [0.5, 0.6) is 11.8 Å². The highest BCUT2D eigenvalue weighted by atomic mass is 35.5. The molecular formula is C34H31ClF4N8O7. The first-order valence-electron chi connectivity index (χ1n) is 16.0. The Hall–Kier alpha value is -6.24. The smallest absolute Gasteiger partial charge is 0.422 e. The molecule has 3 aromatic carbocycles. The van der Waals surface area contributed by atoms with E-state index in [1.165, 1.54) is 55.5 Å². The Kier molecular flexibility index (Phi) is 12.0. The van der Waals surface area contributed by atoms with Crippen LogP contribution in [0.2, 0.25) is 5.02 Å². The number of anilines is 4. The first-order valence-corrected chi connectivity index (χ1v) is 16.4. The molecule has 1 aromatic heterocycles. The van der Waals surface area contributed by atoms with Crippen LogP contribution in [0.25, 0.3) is 0 Å². The van der Waals surface area contributed by atoms with Gasteiger partial charge in [-0.15, -0.1) is 0 Å². The first-order chi connectivity index (χ1) is 25.6. The average molecular weight is 775 g/mol. The molecule has 284 valence electrons. The number of amides is 3. The summed E-state index contributed by atoms with van der Waals surface area (Å²) in [5.74, 6) is -4.73. The lowest BCUT2D eigenvalue weighted by Crippen LogP contribution is -2.50. The van der Waals surface area contributed by atoms with Crippen molar-refractivity contribution in [1.29, 1.82) is 0 Å². The standard InChI is InChI=1S/C34H31ClF4N8O7/c1-18(36)54-24-12-10-22(11-13-24)41-28(50)27(49)40-16-25(29(51)52)43-26(48)19-2-8-23(9-3-19)42-30-44-31(46-32(45-30)53-17-34(37,38)39)47-33(14-15-33)20-4-6-21(35)7-5-20/h2-13,18,25H,14-17H2,1H3,(H,40,49)(H,41,50)(H,43,48)(H,51,52)(H2,42,44,45,46,47)/t18?,25-/m0/s1. The second-order valence-electron chi connectivity index (χ2n) is 11.8. The molecule has 54 heavy (non-hydrogen) atoms. The predicted octanol–water partition coefficient (Wildman–Crippen LogP) is 4.94. The highest BCUT2D eigenvalue weighted by Crippen LogP contribution is 2.48. The maximum absolute atomic E-state index is 13.0. The number of aliphatic carboxylic acids is 1. The zero-order chi connectivity index (χ0) is 39.0. The molecule has 1 fully saturated rings. The zero-order valence-corrected chi connectivity index (χ0v) is 28.8. The fourth-order valence-electron chi connectivity index (χ4n) is 4.82. The maximum atomic E-state index is 13.0. The van der Waals surface area contributed by atoms with Gasteiger partial charge in [-0.25, -0.2) is 9.18 Å². The van der Waals surface area contributed by atoms with Gasteiger partial charge in [0.15, 0.2) is 6.61 Å². The second kappa shape index (κ2) is 16.6. The number of carbonyl (C=O) groups excluding carboxylic acids is 3. The van der Waals surface area contributed by atoms with Crippen molar-refractivity contribution in [3.05, 3.63) is 88.9 Å². The summed E-state index contributed by atoms with van der Waals surface area (Å²) in [6.07, 6.45) is -4.85. The normalized spacial score (nSPS) is 14.1. The lowest BCUT2D eigenvalue weighted by molar-refractivity contribution is -0.154. The van der Waals surface area contributed by atoms with Crippen LogP contribution in [-0.2, 0) is 19.9 Å². The van der Waals surface area contributed by atoms with Crippen molar-refractivity contribution in [3.8, 4) is 11.8 Å². The molecule has 2 atom stereocenters. The molecule has 0 bridgehead atoms. The largest absolute Gasteiger partial charge is 0.480 e.